The molecule has 3 aliphatic carbocycles. The van der Waals surface area contributed by atoms with Crippen LogP contribution in [-0.4, -0.2) is 57.3 Å². The Morgan fingerprint density at radius 3 is 2.39 bits per heavy atom. The number of amides is 2. The van der Waals surface area contributed by atoms with Gasteiger partial charge in [0.1, 0.15) is 17.3 Å². The van der Waals surface area contributed by atoms with Gasteiger partial charge in [0, 0.05) is 11.6 Å². The fourth-order valence-electron chi connectivity index (χ4n) is 4.68. The van der Waals surface area contributed by atoms with Gasteiger partial charge in [-0.3, -0.25) is 9.59 Å². The van der Waals surface area contributed by atoms with Gasteiger partial charge >= 0.3 is 0 Å². The van der Waals surface area contributed by atoms with Gasteiger partial charge in [0.25, 0.3) is 18.2 Å². The molecule has 2 amide bonds. The van der Waals surface area contributed by atoms with Gasteiger partial charge < -0.3 is 25.2 Å². The molecule has 194 valence electrons. The maximum atomic E-state index is 13.5. The smallest absolute Gasteiger partial charge is 0.281 e. The van der Waals surface area contributed by atoms with Crippen LogP contribution in [-0.2, 0) is 9.59 Å². The van der Waals surface area contributed by atoms with Gasteiger partial charge in [-0.2, -0.15) is 0 Å². The first-order valence-electron chi connectivity index (χ1n) is 11.2. The highest BCUT2D eigenvalue weighted by Crippen LogP contribution is 2.47. The van der Waals surface area contributed by atoms with Crippen LogP contribution in [0.25, 0.3) is 0 Å². The lowest BCUT2D eigenvalue weighted by Gasteiger charge is -2.56. The molecule has 3 N–H and O–H groups in total. The quantitative estimate of drug-likeness (QED) is 0.457. The van der Waals surface area contributed by atoms with E-state index in [1.54, 1.807) is 0 Å². The summed E-state index contributed by atoms with van der Waals surface area (Å²) in [6, 6.07) is 3.87. The van der Waals surface area contributed by atoms with Crippen molar-refractivity contribution in [1.82, 2.24) is 20.6 Å². The van der Waals surface area contributed by atoms with Crippen molar-refractivity contribution in [2.75, 3.05) is 13.2 Å². The van der Waals surface area contributed by atoms with E-state index in [-0.39, 0.29) is 29.7 Å². The zero-order valence-electron chi connectivity index (χ0n) is 19.0. The molecule has 13 heteroatoms. The zero-order chi connectivity index (χ0) is 25.9. The average Bonchev–Trinajstić information content (AvgIpc) is 2.85. The molecule has 2 bridgehead atoms. The monoisotopic (exact) mass is 528 g/mol. The third kappa shape index (κ3) is 5.81. The van der Waals surface area contributed by atoms with Crippen molar-refractivity contribution in [2.45, 2.75) is 55.7 Å². The van der Waals surface area contributed by atoms with Gasteiger partial charge in [-0.1, -0.05) is 11.6 Å². The number of hydrogen-bond donors (Lipinski definition) is 3. The number of halogens is 4. The van der Waals surface area contributed by atoms with Crippen molar-refractivity contribution in [3.63, 3.8) is 0 Å². The normalized spacial score (nSPS) is 24.9. The minimum Gasteiger partial charge on any atom is -0.484 e. The van der Waals surface area contributed by atoms with E-state index in [4.69, 9.17) is 21.1 Å². The summed E-state index contributed by atoms with van der Waals surface area (Å²) < 4.78 is 49.2. The number of aromatic nitrogens is 2. The number of alkyl halides is 2. The molecule has 0 saturated heterocycles. The third-order valence-electron chi connectivity index (χ3n) is 6.60. The molecule has 1 aromatic carbocycles. The summed E-state index contributed by atoms with van der Waals surface area (Å²) in [4.78, 5) is 32.2. The molecule has 0 radical (unpaired) electrons. The zero-order valence-corrected chi connectivity index (χ0v) is 19.7. The predicted octanol–water partition coefficient (Wildman–Crippen LogP) is 2.71. The number of nitrogens with one attached hydrogen (secondary N) is 2. The molecule has 1 atom stereocenters. The number of aliphatic hydroxyl groups excluding tert-OH is 1. The number of carbonyl (C=O) groups excluding carboxylic acids is 2. The molecular weight excluding hydrogens is 505 g/mol. The molecule has 36 heavy (non-hydrogen) atoms. The average molecular weight is 529 g/mol. The molecular formula is C23H24ClF3N4O5. The summed E-state index contributed by atoms with van der Waals surface area (Å²) in [5.74, 6) is -1.49. The molecule has 3 fully saturated rings. The van der Waals surface area contributed by atoms with Crippen molar-refractivity contribution in [2.24, 2.45) is 0 Å². The lowest BCUT2D eigenvalue weighted by atomic mass is 9.60. The van der Waals surface area contributed by atoms with E-state index in [1.165, 1.54) is 12.1 Å². The number of nitrogens with zero attached hydrogens (tertiary/aromatic N) is 2. The summed E-state index contributed by atoms with van der Waals surface area (Å²) in [7, 11) is 0. The Kier molecular flexibility index (Phi) is 7.55. The van der Waals surface area contributed by atoms with E-state index in [0.29, 0.717) is 25.7 Å². The Labute approximate surface area is 209 Å². The maximum Gasteiger partial charge on any atom is 0.281 e. The minimum atomic E-state index is -2.76. The molecule has 9 nitrogen and oxygen atoms in total. The van der Waals surface area contributed by atoms with Gasteiger partial charge in [0.15, 0.2) is 13.2 Å². The second kappa shape index (κ2) is 10.5. The van der Waals surface area contributed by atoms with Gasteiger partial charge in [-0.15, -0.1) is 0 Å². The van der Waals surface area contributed by atoms with Crippen LogP contribution in [0.1, 0.15) is 44.2 Å². The summed E-state index contributed by atoms with van der Waals surface area (Å²) in [6.07, 6.45) is 0.323. The fraction of sp³-hybridized carbons (Fsp3) is 0.478. The summed E-state index contributed by atoms with van der Waals surface area (Å²) >= 11 is 5.64. The maximum absolute atomic E-state index is 13.5. The molecule has 0 spiro atoms. The predicted molar refractivity (Wildman–Crippen MR) is 120 cm³/mol. The Morgan fingerprint density at radius 1 is 1.08 bits per heavy atom. The number of aliphatic hydroxyl groups is 1. The Hall–Kier alpha value is -3.12. The lowest BCUT2D eigenvalue weighted by Crippen LogP contribution is -2.70. The first-order chi connectivity index (χ1) is 17.1. The summed E-state index contributed by atoms with van der Waals surface area (Å²) in [5.41, 5.74) is -2.01. The number of ether oxygens (including phenoxy) is 2. The van der Waals surface area contributed by atoms with Gasteiger partial charge in [-0.25, -0.2) is 23.1 Å². The van der Waals surface area contributed by atoms with Crippen molar-refractivity contribution in [3.8, 4) is 11.6 Å². The standard InChI is InChI=1S/C23H24ClF3N4O5/c24-14-2-1-13(7-15(14)25)35-11-18(33)30-22-3-5-23(6-4-22,17(32)8-22)31-19(34)12-36-20-10-28-16(9-29-20)21(26)27/h1-2,7,9-10,17,21,32H,3-6,8,11-12H2,(H,30,33)(H,31,34)/t17-,22?,23?/m1/s1. The van der Waals surface area contributed by atoms with Crippen LogP contribution in [0.15, 0.2) is 30.6 Å². The fourth-order valence-corrected chi connectivity index (χ4v) is 4.79. The Balaban J connectivity index is 1.26. The van der Waals surface area contributed by atoms with Gasteiger partial charge in [0.2, 0.25) is 5.88 Å². The number of benzene rings is 1. The first kappa shape index (κ1) is 26.0. The molecule has 5 rings (SSSR count). The highest BCUT2D eigenvalue weighted by atomic mass is 35.5. The molecule has 2 aromatic rings. The second-order valence-electron chi connectivity index (χ2n) is 8.99. The van der Waals surface area contributed by atoms with Crippen molar-refractivity contribution < 1.29 is 37.3 Å². The van der Waals surface area contributed by atoms with E-state index in [9.17, 15) is 27.9 Å². The summed E-state index contributed by atoms with van der Waals surface area (Å²) in [5, 5.41) is 16.5. The van der Waals surface area contributed by atoms with Crippen LogP contribution < -0.4 is 20.1 Å². The number of carbonyl (C=O) groups is 2. The van der Waals surface area contributed by atoms with Crippen LogP contribution >= 0.6 is 11.6 Å². The molecule has 1 aromatic heterocycles. The van der Waals surface area contributed by atoms with E-state index >= 15 is 0 Å². The van der Waals surface area contributed by atoms with Crippen LogP contribution in [0.2, 0.25) is 5.02 Å². The molecule has 3 aliphatic rings. The molecule has 1 heterocycles. The highest BCUT2D eigenvalue weighted by molar-refractivity contribution is 6.30. The first-order valence-corrected chi connectivity index (χ1v) is 11.6. The van der Waals surface area contributed by atoms with Crippen LogP contribution in [0.5, 0.6) is 11.6 Å². The molecule has 0 aliphatic heterocycles. The van der Waals surface area contributed by atoms with Crippen LogP contribution in [0.3, 0.4) is 0 Å². The lowest BCUT2D eigenvalue weighted by molar-refractivity contribution is -0.137. The Morgan fingerprint density at radius 2 is 1.78 bits per heavy atom. The largest absolute Gasteiger partial charge is 0.484 e. The Bertz CT molecular complexity index is 1110. The van der Waals surface area contributed by atoms with Gasteiger partial charge in [-0.05, 0) is 44.2 Å². The van der Waals surface area contributed by atoms with Gasteiger partial charge in [0.05, 0.1) is 29.1 Å². The van der Waals surface area contributed by atoms with Crippen molar-refractivity contribution in [1.29, 1.82) is 0 Å². The van der Waals surface area contributed by atoms with E-state index in [1.807, 2.05) is 0 Å². The molecule has 3 saturated carbocycles. The minimum absolute atomic E-state index is 0.0524. The van der Waals surface area contributed by atoms with E-state index < -0.39 is 53.5 Å². The second-order valence-corrected chi connectivity index (χ2v) is 9.39. The van der Waals surface area contributed by atoms with Crippen molar-refractivity contribution in [3.05, 3.63) is 47.1 Å². The highest BCUT2D eigenvalue weighted by Gasteiger charge is 2.55. The van der Waals surface area contributed by atoms with E-state index in [2.05, 4.69) is 20.6 Å². The SMILES string of the molecule is O=C(COc1ccc(Cl)c(F)c1)NC12CCC(NC(=O)COc3cnc(C(F)F)cn3)(CC1)[C@H](O)C2. The number of fused-ring (bicyclic) bond motifs is 3. The van der Waals surface area contributed by atoms with Crippen molar-refractivity contribution >= 4 is 23.4 Å². The number of hydrogen-bond acceptors (Lipinski definition) is 7. The van der Waals surface area contributed by atoms with Crippen LogP contribution in [0.4, 0.5) is 13.2 Å². The number of rotatable bonds is 9. The van der Waals surface area contributed by atoms with Crippen LogP contribution in [0, 0.1) is 5.82 Å². The molecule has 0 unspecified atom stereocenters. The van der Waals surface area contributed by atoms with E-state index in [0.717, 1.165) is 18.5 Å². The third-order valence-corrected chi connectivity index (χ3v) is 6.90. The topological polar surface area (TPSA) is 123 Å². The summed E-state index contributed by atoms with van der Waals surface area (Å²) in [6.45, 7) is -0.763.